The maximum atomic E-state index is 12.6. The molecular formula is C18H28N6O. The highest BCUT2D eigenvalue weighted by Gasteiger charge is 2.28. The van der Waals surface area contributed by atoms with Gasteiger partial charge in [0.25, 0.3) is 0 Å². The Morgan fingerprint density at radius 1 is 1.40 bits per heavy atom. The van der Waals surface area contributed by atoms with Crippen molar-refractivity contribution in [2.45, 2.75) is 45.8 Å². The quantitative estimate of drug-likeness (QED) is 0.794. The highest BCUT2D eigenvalue weighted by molar-refractivity contribution is 5.78. The first-order valence-electron chi connectivity index (χ1n) is 8.89. The van der Waals surface area contributed by atoms with Crippen molar-refractivity contribution in [3.63, 3.8) is 0 Å². The Labute approximate surface area is 149 Å². The van der Waals surface area contributed by atoms with E-state index >= 15 is 0 Å². The van der Waals surface area contributed by atoms with Gasteiger partial charge in [-0.15, -0.1) is 0 Å². The molecule has 7 heteroatoms. The molecule has 1 fully saturated rings. The van der Waals surface area contributed by atoms with Gasteiger partial charge in [-0.2, -0.15) is 10.2 Å². The van der Waals surface area contributed by atoms with Crippen LogP contribution in [0.15, 0.2) is 18.5 Å². The normalized spacial score (nSPS) is 18.0. The first-order valence-corrected chi connectivity index (χ1v) is 8.89. The van der Waals surface area contributed by atoms with E-state index in [-0.39, 0.29) is 5.91 Å². The lowest BCUT2D eigenvalue weighted by atomic mass is 10.2. The summed E-state index contributed by atoms with van der Waals surface area (Å²) < 4.78 is 3.83. The number of amides is 1. The summed E-state index contributed by atoms with van der Waals surface area (Å²) in [6.45, 7) is 7.03. The second-order valence-corrected chi connectivity index (χ2v) is 7.15. The van der Waals surface area contributed by atoms with Crippen LogP contribution in [0, 0.1) is 13.8 Å². The molecular weight excluding hydrogens is 316 g/mol. The van der Waals surface area contributed by atoms with Crippen LogP contribution in [0.4, 0.5) is 0 Å². The van der Waals surface area contributed by atoms with E-state index in [0.29, 0.717) is 19.1 Å². The predicted molar refractivity (Wildman–Crippen MR) is 96.0 cm³/mol. The smallest absolute Gasteiger partial charge is 0.236 e. The molecule has 0 saturated carbocycles. The molecule has 0 radical (unpaired) electrons. The molecule has 1 saturated heterocycles. The van der Waals surface area contributed by atoms with E-state index in [1.807, 2.05) is 33.4 Å². The van der Waals surface area contributed by atoms with Gasteiger partial charge in [-0.05, 0) is 39.3 Å². The number of aromatic nitrogens is 4. The maximum Gasteiger partial charge on any atom is 0.236 e. The molecule has 0 spiro atoms. The third-order valence-corrected chi connectivity index (χ3v) is 4.93. The van der Waals surface area contributed by atoms with Crippen LogP contribution in [0.3, 0.4) is 0 Å². The number of likely N-dealkylation sites (N-methyl/N-ethyl adjacent to an activating group) is 1. The van der Waals surface area contributed by atoms with E-state index < -0.39 is 0 Å². The van der Waals surface area contributed by atoms with E-state index in [1.165, 1.54) is 5.69 Å². The predicted octanol–water partition coefficient (Wildman–Crippen LogP) is 1.36. The molecule has 25 heavy (non-hydrogen) atoms. The summed E-state index contributed by atoms with van der Waals surface area (Å²) in [4.78, 5) is 16.7. The summed E-state index contributed by atoms with van der Waals surface area (Å²) in [5.41, 5.74) is 3.29. The fraction of sp³-hybridized carbons (Fsp3) is 0.611. The monoisotopic (exact) mass is 344 g/mol. The molecule has 1 atom stereocenters. The molecule has 0 bridgehead atoms. The summed E-state index contributed by atoms with van der Waals surface area (Å²) in [5, 5.41) is 8.73. The Balaban J connectivity index is 1.56. The first kappa shape index (κ1) is 17.7. The van der Waals surface area contributed by atoms with Crippen LogP contribution in [0.25, 0.3) is 0 Å². The lowest BCUT2D eigenvalue weighted by Gasteiger charge is -2.26. The molecule has 1 amide bonds. The van der Waals surface area contributed by atoms with Gasteiger partial charge >= 0.3 is 0 Å². The molecule has 0 aliphatic carbocycles. The lowest BCUT2D eigenvalue weighted by Crippen LogP contribution is -2.42. The van der Waals surface area contributed by atoms with Gasteiger partial charge < -0.3 is 4.90 Å². The standard InChI is InChI=1S/C18H28N6O/c1-14-8-15(2)24(20-14)12-17-6-5-7-23(17)13-18(25)21(3)10-16-9-19-22(4)11-16/h8-9,11,17H,5-7,10,12-13H2,1-4H3/t17-/m0/s1. The van der Waals surface area contributed by atoms with E-state index in [1.54, 1.807) is 9.58 Å². The van der Waals surface area contributed by atoms with Gasteiger partial charge in [-0.25, -0.2) is 0 Å². The van der Waals surface area contributed by atoms with Crippen LogP contribution >= 0.6 is 0 Å². The molecule has 1 aliphatic rings. The largest absolute Gasteiger partial charge is 0.340 e. The number of hydrogen-bond acceptors (Lipinski definition) is 4. The third kappa shape index (κ3) is 4.28. The lowest BCUT2D eigenvalue weighted by molar-refractivity contribution is -0.131. The van der Waals surface area contributed by atoms with Crippen LogP contribution in [-0.4, -0.2) is 61.4 Å². The number of carbonyl (C=O) groups excluding carboxylic acids is 1. The average Bonchev–Trinajstić information content (AvgIpc) is 3.23. The minimum atomic E-state index is 0.157. The molecule has 2 aromatic rings. The molecule has 7 nitrogen and oxygen atoms in total. The number of aryl methyl sites for hydroxylation is 3. The van der Waals surface area contributed by atoms with Crippen molar-refractivity contribution in [1.82, 2.24) is 29.4 Å². The second kappa shape index (κ2) is 7.39. The second-order valence-electron chi connectivity index (χ2n) is 7.15. The molecule has 3 heterocycles. The van der Waals surface area contributed by atoms with Crippen LogP contribution in [-0.2, 0) is 24.9 Å². The minimum Gasteiger partial charge on any atom is -0.340 e. The van der Waals surface area contributed by atoms with Crippen LogP contribution in [0.2, 0.25) is 0 Å². The Bertz CT molecular complexity index is 734. The van der Waals surface area contributed by atoms with Gasteiger partial charge in [0.2, 0.25) is 5.91 Å². The number of carbonyl (C=O) groups is 1. The Kier molecular flexibility index (Phi) is 5.22. The highest BCUT2D eigenvalue weighted by Crippen LogP contribution is 2.19. The maximum absolute atomic E-state index is 12.6. The summed E-state index contributed by atoms with van der Waals surface area (Å²) in [6.07, 6.45) is 6.03. The molecule has 3 rings (SSSR count). The fourth-order valence-corrected chi connectivity index (χ4v) is 3.58. The molecule has 2 aromatic heterocycles. The number of nitrogens with zero attached hydrogens (tertiary/aromatic N) is 6. The third-order valence-electron chi connectivity index (χ3n) is 4.93. The first-order chi connectivity index (χ1) is 11.9. The molecule has 136 valence electrons. The van der Waals surface area contributed by atoms with Gasteiger partial charge in [0, 0.05) is 44.1 Å². The van der Waals surface area contributed by atoms with E-state index in [0.717, 1.165) is 37.2 Å². The topological polar surface area (TPSA) is 59.2 Å². The number of rotatable bonds is 6. The van der Waals surface area contributed by atoms with Crippen LogP contribution in [0.5, 0.6) is 0 Å². The fourth-order valence-electron chi connectivity index (χ4n) is 3.58. The average molecular weight is 344 g/mol. The Hall–Kier alpha value is -2.15. The van der Waals surface area contributed by atoms with E-state index in [2.05, 4.69) is 32.8 Å². The molecule has 0 N–H and O–H groups in total. The van der Waals surface area contributed by atoms with Crippen LogP contribution < -0.4 is 0 Å². The molecule has 0 unspecified atom stereocenters. The summed E-state index contributed by atoms with van der Waals surface area (Å²) in [7, 11) is 3.75. The minimum absolute atomic E-state index is 0.157. The van der Waals surface area contributed by atoms with Crippen molar-refractivity contribution in [2.24, 2.45) is 7.05 Å². The summed E-state index contributed by atoms with van der Waals surface area (Å²) >= 11 is 0. The summed E-state index contributed by atoms with van der Waals surface area (Å²) in [6, 6.07) is 2.49. The van der Waals surface area contributed by atoms with Gasteiger partial charge in [0.1, 0.15) is 0 Å². The van der Waals surface area contributed by atoms with Crippen molar-refractivity contribution in [1.29, 1.82) is 0 Å². The zero-order chi connectivity index (χ0) is 18.0. The van der Waals surface area contributed by atoms with Gasteiger partial charge in [0.15, 0.2) is 0 Å². The Morgan fingerprint density at radius 3 is 2.84 bits per heavy atom. The highest BCUT2D eigenvalue weighted by atomic mass is 16.2. The SMILES string of the molecule is Cc1cc(C)n(C[C@@H]2CCCN2CC(=O)N(C)Cc2cnn(C)c2)n1. The van der Waals surface area contributed by atoms with E-state index in [9.17, 15) is 4.79 Å². The summed E-state index contributed by atoms with van der Waals surface area (Å²) in [5.74, 6) is 0.157. The van der Waals surface area contributed by atoms with Crippen molar-refractivity contribution in [3.8, 4) is 0 Å². The number of hydrogen-bond donors (Lipinski definition) is 0. The molecule has 1 aliphatic heterocycles. The zero-order valence-corrected chi connectivity index (χ0v) is 15.6. The van der Waals surface area contributed by atoms with Gasteiger partial charge in [-0.3, -0.25) is 19.1 Å². The van der Waals surface area contributed by atoms with Crippen molar-refractivity contribution in [3.05, 3.63) is 35.4 Å². The zero-order valence-electron chi connectivity index (χ0n) is 15.6. The van der Waals surface area contributed by atoms with Gasteiger partial charge in [0.05, 0.1) is 25.0 Å². The number of likely N-dealkylation sites (tertiary alicyclic amines) is 1. The van der Waals surface area contributed by atoms with Crippen molar-refractivity contribution in [2.75, 3.05) is 20.1 Å². The van der Waals surface area contributed by atoms with Crippen molar-refractivity contribution < 1.29 is 4.79 Å². The van der Waals surface area contributed by atoms with Crippen molar-refractivity contribution >= 4 is 5.91 Å². The Morgan fingerprint density at radius 2 is 2.20 bits per heavy atom. The molecule has 0 aromatic carbocycles. The van der Waals surface area contributed by atoms with E-state index in [4.69, 9.17) is 0 Å². The van der Waals surface area contributed by atoms with Crippen LogP contribution in [0.1, 0.15) is 29.8 Å². The van der Waals surface area contributed by atoms with Gasteiger partial charge in [-0.1, -0.05) is 0 Å².